The Labute approximate surface area is 181 Å². The van der Waals surface area contributed by atoms with Gasteiger partial charge in [0.15, 0.2) is 5.16 Å². The lowest BCUT2D eigenvalue weighted by molar-refractivity contribution is -0.895. The molecule has 1 unspecified atom stereocenters. The maximum absolute atomic E-state index is 13.7. The number of likely N-dealkylation sites (N-methyl/N-ethyl adjacent to an activating group) is 1. The van der Waals surface area contributed by atoms with Crippen molar-refractivity contribution in [3.63, 3.8) is 0 Å². The quantitative estimate of drug-likeness (QED) is 0.490. The predicted octanol–water partition coefficient (Wildman–Crippen LogP) is 2.82. The lowest BCUT2D eigenvalue weighted by atomic mass is 10.1. The molecule has 0 radical (unpaired) electrons. The fourth-order valence-corrected chi connectivity index (χ4v) is 6.39. The Bertz CT molecular complexity index is 1290. The van der Waals surface area contributed by atoms with Crippen LogP contribution in [-0.4, -0.2) is 38.5 Å². The lowest BCUT2D eigenvalue weighted by Gasteiger charge is -2.19. The van der Waals surface area contributed by atoms with E-state index in [1.165, 1.54) is 15.3 Å². The zero-order valence-corrected chi connectivity index (χ0v) is 18.6. The van der Waals surface area contributed by atoms with E-state index in [2.05, 4.69) is 28.6 Å². The molecule has 5 rings (SSSR count). The number of benzene rings is 1. The first-order chi connectivity index (χ1) is 14.1. The summed E-state index contributed by atoms with van der Waals surface area (Å²) < 4.78 is 3.73. The number of nitrogens with zero attached hydrogens (tertiary/aromatic N) is 4. The number of hydrogen-bond donors (Lipinski definition) is 1. The zero-order chi connectivity index (χ0) is 20.1. The normalized spacial score (nSPS) is 16.6. The highest BCUT2D eigenvalue weighted by Gasteiger charge is 2.28. The summed E-state index contributed by atoms with van der Waals surface area (Å²) in [7, 11) is 2.20. The molecular weight excluding hydrogens is 426 g/mol. The minimum atomic E-state index is -0.0359. The third-order valence-electron chi connectivity index (χ3n) is 5.27. The molecule has 150 valence electrons. The van der Waals surface area contributed by atoms with Crippen molar-refractivity contribution in [3.8, 4) is 5.69 Å². The Morgan fingerprint density at radius 1 is 1.34 bits per heavy atom. The molecular formula is C20H21ClN5OS2+. The molecule has 6 nitrogen and oxygen atoms in total. The van der Waals surface area contributed by atoms with Gasteiger partial charge in [0.25, 0.3) is 5.56 Å². The second kappa shape index (κ2) is 7.43. The van der Waals surface area contributed by atoms with E-state index >= 15 is 0 Å². The summed E-state index contributed by atoms with van der Waals surface area (Å²) in [4.78, 5) is 17.5. The third kappa shape index (κ3) is 3.09. The van der Waals surface area contributed by atoms with Gasteiger partial charge in [0.05, 0.1) is 29.5 Å². The average Bonchev–Trinajstić information content (AvgIpc) is 3.27. The van der Waals surface area contributed by atoms with Crippen LogP contribution in [0.4, 0.5) is 0 Å². The van der Waals surface area contributed by atoms with Crippen LogP contribution >= 0.6 is 34.7 Å². The molecule has 1 N–H and O–H groups in total. The molecule has 3 aromatic heterocycles. The molecule has 9 heteroatoms. The van der Waals surface area contributed by atoms with Crippen LogP contribution in [0, 0.1) is 0 Å². The van der Waals surface area contributed by atoms with Crippen molar-refractivity contribution in [2.24, 2.45) is 0 Å². The second-order valence-corrected chi connectivity index (χ2v) is 9.99. The number of halogens is 1. The van der Waals surface area contributed by atoms with Gasteiger partial charge in [-0.3, -0.25) is 4.79 Å². The minimum absolute atomic E-state index is 0.0359. The van der Waals surface area contributed by atoms with E-state index < -0.39 is 0 Å². The summed E-state index contributed by atoms with van der Waals surface area (Å²) in [5, 5.41) is 11.1. The Hall–Kier alpha value is -1.87. The fraction of sp³-hybridized carbons (Fsp3) is 0.350. The Morgan fingerprint density at radius 2 is 2.21 bits per heavy atom. The summed E-state index contributed by atoms with van der Waals surface area (Å²) in [5.74, 6) is 1.50. The van der Waals surface area contributed by atoms with Gasteiger partial charge >= 0.3 is 0 Å². The lowest BCUT2D eigenvalue weighted by Crippen LogP contribution is -3.08. The molecule has 0 fully saturated rings. The van der Waals surface area contributed by atoms with Crippen LogP contribution in [0.3, 0.4) is 0 Å². The van der Waals surface area contributed by atoms with Gasteiger partial charge in [-0.15, -0.1) is 21.5 Å². The molecule has 0 saturated heterocycles. The van der Waals surface area contributed by atoms with E-state index in [0.717, 1.165) is 47.1 Å². The molecule has 0 bridgehead atoms. The van der Waals surface area contributed by atoms with Crippen LogP contribution in [-0.2, 0) is 13.0 Å². The molecule has 0 amide bonds. The van der Waals surface area contributed by atoms with Crippen LogP contribution < -0.4 is 10.5 Å². The molecule has 0 saturated carbocycles. The van der Waals surface area contributed by atoms with Crippen LogP contribution in [0.25, 0.3) is 21.7 Å². The molecule has 4 aromatic rings. The Balaban J connectivity index is 1.90. The smallest absolute Gasteiger partial charge is 0.268 e. The largest absolute Gasteiger partial charge is 0.333 e. The van der Waals surface area contributed by atoms with Crippen LogP contribution in [0.15, 0.2) is 34.2 Å². The molecule has 1 aliphatic heterocycles. The van der Waals surface area contributed by atoms with Gasteiger partial charge in [-0.1, -0.05) is 36.4 Å². The Kier molecular flexibility index (Phi) is 4.90. The molecule has 29 heavy (non-hydrogen) atoms. The van der Waals surface area contributed by atoms with Gasteiger partial charge in [-0.2, -0.15) is 0 Å². The van der Waals surface area contributed by atoms with Gasteiger partial charge in [-0.25, -0.2) is 8.97 Å². The average molecular weight is 447 g/mol. The van der Waals surface area contributed by atoms with Crippen molar-refractivity contribution < 1.29 is 4.90 Å². The number of rotatable bonds is 4. The van der Waals surface area contributed by atoms with Gasteiger partial charge in [-0.05, 0) is 30.2 Å². The van der Waals surface area contributed by atoms with E-state index in [-0.39, 0.29) is 5.56 Å². The van der Waals surface area contributed by atoms with E-state index in [1.807, 2.05) is 18.2 Å². The van der Waals surface area contributed by atoms with Crippen molar-refractivity contribution >= 4 is 50.7 Å². The van der Waals surface area contributed by atoms with Gasteiger partial charge < -0.3 is 4.90 Å². The molecule has 0 spiro atoms. The van der Waals surface area contributed by atoms with Crippen molar-refractivity contribution in [2.45, 2.75) is 31.5 Å². The Morgan fingerprint density at radius 3 is 3.00 bits per heavy atom. The topological polar surface area (TPSA) is 56.6 Å². The summed E-state index contributed by atoms with van der Waals surface area (Å²) in [6.07, 6.45) is 1.96. The number of quaternary nitrogens is 1. The zero-order valence-electron chi connectivity index (χ0n) is 16.2. The summed E-state index contributed by atoms with van der Waals surface area (Å²) in [5.41, 5.74) is 1.87. The van der Waals surface area contributed by atoms with E-state index in [4.69, 9.17) is 11.6 Å². The van der Waals surface area contributed by atoms with E-state index in [0.29, 0.717) is 16.5 Å². The maximum Gasteiger partial charge on any atom is 0.268 e. The minimum Gasteiger partial charge on any atom is -0.333 e. The number of aromatic nitrogens is 4. The van der Waals surface area contributed by atoms with Crippen molar-refractivity contribution in [2.75, 3.05) is 19.3 Å². The van der Waals surface area contributed by atoms with Crippen molar-refractivity contribution in [1.82, 2.24) is 19.2 Å². The summed E-state index contributed by atoms with van der Waals surface area (Å²) in [6.45, 7) is 4.13. The third-order valence-corrected chi connectivity index (χ3v) is 7.86. The predicted molar refractivity (Wildman–Crippen MR) is 119 cm³/mol. The standard InChI is InChI=1S/C20H20ClN5OS2/c1-3-9-28-20-23-22-19-25(13-6-4-5-12(21)10-13)17(27)16-14-7-8-24(2)11-15(14)29-18(16)26(19)20/h4-6,10H,3,7-9,11H2,1-2H3/p+1. The number of fused-ring (bicyclic) bond motifs is 5. The molecule has 1 atom stereocenters. The highest BCUT2D eigenvalue weighted by atomic mass is 35.5. The summed E-state index contributed by atoms with van der Waals surface area (Å²) >= 11 is 9.63. The van der Waals surface area contributed by atoms with Crippen molar-refractivity contribution in [1.29, 1.82) is 0 Å². The first kappa shape index (κ1) is 19.1. The number of hydrogen-bond acceptors (Lipinski definition) is 5. The van der Waals surface area contributed by atoms with Gasteiger partial charge in [0, 0.05) is 17.2 Å². The van der Waals surface area contributed by atoms with Crippen molar-refractivity contribution in [3.05, 3.63) is 50.1 Å². The first-order valence-electron chi connectivity index (χ1n) is 9.73. The SMILES string of the molecule is CCCSc1nnc2n(-c3cccc(Cl)c3)c(=O)c3c4c(sc3n12)C[NH+](C)CC4. The van der Waals surface area contributed by atoms with Crippen LogP contribution in [0.1, 0.15) is 23.8 Å². The van der Waals surface area contributed by atoms with E-state index in [1.54, 1.807) is 33.7 Å². The van der Waals surface area contributed by atoms with Gasteiger partial charge in [0.1, 0.15) is 11.4 Å². The molecule has 4 heterocycles. The van der Waals surface area contributed by atoms with E-state index in [9.17, 15) is 4.79 Å². The fourth-order valence-electron chi connectivity index (χ4n) is 3.91. The number of thiophene rings is 1. The molecule has 1 aliphatic rings. The van der Waals surface area contributed by atoms with Crippen LogP contribution in [0.5, 0.6) is 0 Å². The first-order valence-corrected chi connectivity index (χ1v) is 11.9. The highest BCUT2D eigenvalue weighted by Crippen LogP contribution is 2.33. The highest BCUT2D eigenvalue weighted by molar-refractivity contribution is 7.99. The monoisotopic (exact) mass is 446 g/mol. The summed E-state index contributed by atoms with van der Waals surface area (Å²) in [6, 6.07) is 7.36. The maximum atomic E-state index is 13.7. The number of thioether (sulfide) groups is 1. The van der Waals surface area contributed by atoms with Crippen LogP contribution in [0.2, 0.25) is 5.02 Å². The molecule has 0 aliphatic carbocycles. The number of nitrogens with one attached hydrogen (secondary N) is 1. The second-order valence-electron chi connectivity index (χ2n) is 7.40. The molecule has 1 aromatic carbocycles. The van der Waals surface area contributed by atoms with Gasteiger partial charge in [0.2, 0.25) is 5.78 Å².